The molecule has 2 N–H and O–H groups in total. The Kier molecular flexibility index (Phi) is 3.80. The number of nitrogens with zero attached hydrogens (tertiary/aromatic N) is 1. The maximum atomic E-state index is 12.1. The van der Waals surface area contributed by atoms with Crippen LogP contribution in [0, 0.1) is 10.1 Å². The van der Waals surface area contributed by atoms with Crippen molar-refractivity contribution in [2.45, 2.75) is 31.8 Å². The molecular weight excluding hydrogens is 246 g/mol. The van der Waals surface area contributed by atoms with Crippen molar-refractivity contribution in [1.29, 1.82) is 0 Å². The van der Waals surface area contributed by atoms with Gasteiger partial charge in [0.05, 0.1) is 10.5 Å². The van der Waals surface area contributed by atoms with Crippen LogP contribution in [0.5, 0.6) is 0 Å². The summed E-state index contributed by atoms with van der Waals surface area (Å²) in [4.78, 5) is 22.3. The van der Waals surface area contributed by atoms with Crippen LogP contribution in [-0.4, -0.2) is 22.9 Å². The number of benzene rings is 1. The van der Waals surface area contributed by atoms with E-state index in [1.165, 1.54) is 12.1 Å². The first-order valence-electron chi connectivity index (χ1n) is 6.28. The van der Waals surface area contributed by atoms with E-state index in [9.17, 15) is 14.9 Å². The first kappa shape index (κ1) is 13.5. The SMILES string of the molecule is CC1(C(=O)NCc2cccc([N+](=O)[O-])c2)CCCN1. The van der Waals surface area contributed by atoms with Crippen molar-refractivity contribution < 1.29 is 9.72 Å². The molecule has 1 fully saturated rings. The Morgan fingerprint density at radius 3 is 3.00 bits per heavy atom. The fourth-order valence-corrected chi connectivity index (χ4v) is 2.25. The van der Waals surface area contributed by atoms with Crippen molar-refractivity contribution in [2.24, 2.45) is 0 Å². The van der Waals surface area contributed by atoms with Gasteiger partial charge in [0.1, 0.15) is 0 Å². The second-order valence-electron chi connectivity index (χ2n) is 4.97. The van der Waals surface area contributed by atoms with E-state index in [0.717, 1.165) is 24.9 Å². The summed E-state index contributed by atoms with van der Waals surface area (Å²) in [7, 11) is 0. The summed E-state index contributed by atoms with van der Waals surface area (Å²) in [5.41, 5.74) is 0.252. The smallest absolute Gasteiger partial charge is 0.269 e. The standard InChI is InChI=1S/C13H17N3O3/c1-13(6-3-7-15-13)12(17)14-9-10-4-2-5-11(8-10)16(18)19/h2,4-5,8,15H,3,6-7,9H2,1H3,(H,14,17). The Hall–Kier alpha value is -1.95. The van der Waals surface area contributed by atoms with E-state index in [-0.39, 0.29) is 11.6 Å². The van der Waals surface area contributed by atoms with Crippen LogP contribution < -0.4 is 10.6 Å². The van der Waals surface area contributed by atoms with E-state index in [1.54, 1.807) is 12.1 Å². The fraction of sp³-hybridized carbons (Fsp3) is 0.462. The Labute approximate surface area is 111 Å². The van der Waals surface area contributed by atoms with Gasteiger partial charge < -0.3 is 10.6 Å². The zero-order valence-corrected chi connectivity index (χ0v) is 10.8. The highest BCUT2D eigenvalue weighted by Crippen LogP contribution is 2.19. The summed E-state index contributed by atoms with van der Waals surface area (Å²) in [5, 5.41) is 16.7. The van der Waals surface area contributed by atoms with Gasteiger partial charge in [0.25, 0.3) is 5.69 Å². The highest BCUT2D eigenvalue weighted by Gasteiger charge is 2.35. The summed E-state index contributed by atoms with van der Waals surface area (Å²) < 4.78 is 0. The van der Waals surface area contributed by atoms with Crippen molar-refractivity contribution in [2.75, 3.05) is 6.54 Å². The molecule has 1 unspecified atom stereocenters. The third-order valence-corrected chi connectivity index (χ3v) is 3.44. The Balaban J connectivity index is 1.97. The van der Waals surface area contributed by atoms with Crippen LogP contribution in [-0.2, 0) is 11.3 Å². The molecular formula is C13H17N3O3. The molecule has 0 bridgehead atoms. The molecule has 6 heteroatoms. The molecule has 1 saturated heterocycles. The van der Waals surface area contributed by atoms with Gasteiger partial charge in [-0.05, 0) is 31.9 Å². The predicted octanol–water partition coefficient (Wildman–Crippen LogP) is 1.35. The van der Waals surface area contributed by atoms with E-state index in [2.05, 4.69) is 10.6 Å². The molecule has 1 aromatic rings. The molecule has 0 radical (unpaired) electrons. The number of carbonyl (C=O) groups is 1. The summed E-state index contributed by atoms with van der Waals surface area (Å²) in [5.74, 6) is -0.0588. The third-order valence-electron chi connectivity index (χ3n) is 3.44. The second kappa shape index (κ2) is 5.36. The maximum absolute atomic E-state index is 12.1. The molecule has 1 amide bonds. The third kappa shape index (κ3) is 3.08. The van der Waals surface area contributed by atoms with Crippen molar-refractivity contribution in [1.82, 2.24) is 10.6 Å². The molecule has 102 valence electrons. The Morgan fingerprint density at radius 2 is 2.37 bits per heavy atom. The molecule has 0 aliphatic carbocycles. The molecule has 1 aromatic carbocycles. The normalized spacial score (nSPS) is 22.2. The Morgan fingerprint density at radius 1 is 1.58 bits per heavy atom. The second-order valence-corrected chi connectivity index (χ2v) is 4.97. The van der Waals surface area contributed by atoms with Crippen molar-refractivity contribution in [3.8, 4) is 0 Å². The molecule has 2 rings (SSSR count). The zero-order valence-electron chi connectivity index (χ0n) is 10.8. The number of nitrogens with one attached hydrogen (secondary N) is 2. The highest BCUT2D eigenvalue weighted by molar-refractivity contribution is 5.86. The van der Waals surface area contributed by atoms with Gasteiger partial charge in [-0.1, -0.05) is 12.1 Å². The quantitative estimate of drug-likeness (QED) is 0.634. The van der Waals surface area contributed by atoms with Crippen LogP contribution in [0.1, 0.15) is 25.3 Å². The van der Waals surface area contributed by atoms with E-state index in [4.69, 9.17) is 0 Å². The average molecular weight is 263 g/mol. The molecule has 1 aliphatic rings. The summed E-state index contributed by atoms with van der Waals surface area (Å²) in [6, 6.07) is 6.29. The predicted molar refractivity (Wildman–Crippen MR) is 70.6 cm³/mol. The number of hydrogen-bond acceptors (Lipinski definition) is 4. The number of rotatable bonds is 4. The molecule has 19 heavy (non-hydrogen) atoms. The number of nitro benzene ring substituents is 1. The fourth-order valence-electron chi connectivity index (χ4n) is 2.25. The molecule has 6 nitrogen and oxygen atoms in total. The van der Waals surface area contributed by atoms with Crippen LogP contribution in [0.4, 0.5) is 5.69 Å². The van der Waals surface area contributed by atoms with E-state index in [1.807, 2.05) is 6.92 Å². The van der Waals surface area contributed by atoms with Crippen LogP contribution in [0.15, 0.2) is 24.3 Å². The van der Waals surface area contributed by atoms with Crippen LogP contribution in [0.25, 0.3) is 0 Å². The van der Waals surface area contributed by atoms with E-state index >= 15 is 0 Å². The lowest BCUT2D eigenvalue weighted by molar-refractivity contribution is -0.384. The minimum Gasteiger partial charge on any atom is -0.350 e. The zero-order chi connectivity index (χ0) is 13.9. The van der Waals surface area contributed by atoms with Gasteiger partial charge in [-0.15, -0.1) is 0 Å². The molecule has 0 aromatic heterocycles. The van der Waals surface area contributed by atoms with Crippen LogP contribution in [0.3, 0.4) is 0 Å². The lowest BCUT2D eigenvalue weighted by Crippen LogP contribution is -2.50. The minimum absolute atomic E-state index is 0.0388. The van der Waals surface area contributed by atoms with Crippen molar-refractivity contribution in [3.05, 3.63) is 39.9 Å². The average Bonchev–Trinajstić information content (AvgIpc) is 2.84. The monoisotopic (exact) mass is 263 g/mol. The molecule has 1 heterocycles. The van der Waals surface area contributed by atoms with Gasteiger partial charge in [0, 0.05) is 18.7 Å². The summed E-state index contributed by atoms with van der Waals surface area (Å²) in [6.45, 7) is 3.03. The maximum Gasteiger partial charge on any atom is 0.269 e. The van der Waals surface area contributed by atoms with Crippen LogP contribution >= 0.6 is 0 Å². The lowest BCUT2D eigenvalue weighted by Gasteiger charge is -2.23. The van der Waals surface area contributed by atoms with Gasteiger partial charge >= 0.3 is 0 Å². The Bertz CT molecular complexity index is 496. The number of amides is 1. The minimum atomic E-state index is -0.513. The molecule has 0 spiro atoms. The van der Waals surface area contributed by atoms with E-state index in [0.29, 0.717) is 6.54 Å². The van der Waals surface area contributed by atoms with Gasteiger partial charge in [-0.25, -0.2) is 0 Å². The largest absolute Gasteiger partial charge is 0.350 e. The first-order valence-corrected chi connectivity index (χ1v) is 6.28. The summed E-state index contributed by atoms with van der Waals surface area (Å²) in [6.07, 6.45) is 1.80. The van der Waals surface area contributed by atoms with Gasteiger partial charge in [0.15, 0.2) is 0 Å². The van der Waals surface area contributed by atoms with Gasteiger partial charge in [0.2, 0.25) is 5.91 Å². The van der Waals surface area contributed by atoms with Crippen molar-refractivity contribution >= 4 is 11.6 Å². The lowest BCUT2D eigenvalue weighted by atomic mass is 9.99. The van der Waals surface area contributed by atoms with Gasteiger partial charge in [-0.2, -0.15) is 0 Å². The van der Waals surface area contributed by atoms with Gasteiger partial charge in [-0.3, -0.25) is 14.9 Å². The number of nitro groups is 1. The van der Waals surface area contributed by atoms with E-state index < -0.39 is 10.5 Å². The molecule has 1 aliphatic heterocycles. The molecule has 0 saturated carbocycles. The summed E-state index contributed by atoms with van der Waals surface area (Å²) >= 11 is 0. The number of hydrogen-bond donors (Lipinski definition) is 2. The molecule has 1 atom stereocenters. The topological polar surface area (TPSA) is 84.3 Å². The van der Waals surface area contributed by atoms with Crippen molar-refractivity contribution in [3.63, 3.8) is 0 Å². The number of carbonyl (C=O) groups excluding carboxylic acids is 1. The number of non-ortho nitro benzene ring substituents is 1. The highest BCUT2D eigenvalue weighted by atomic mass is 16.6. The first-order chi connectivity index (χ1) is 9.01. The van der Waals surface area contributed by atoms with Crippen LogP contribution in [0.2, 0.25) is 0 Å².